The van der Waals surface area contributed by atoms with Gasteiger partial charge in [0.2, 0.25) is 5.79 Å². The first-order valence-electron chi connectivity index (χ1n) is 3.53. The minimum Gasteiger partial charge on any atom is -0.394 e. The van der Waals surface area contributed by atoms with Crippen molar-refractivity contribution in [2.24, 2.45) is 0 Å². The average Bonchev–Trinajstić information content (AvgIpc) is 2.31. The summed E-state index contributed by atoms with van der Waals surface area (Å²) < 4.78 is 4.63. The van der Waals surface area contributed by atoms with Crippen molar-refractivity contribution in [3.05, 3.63) is 0 Å². The Labute approximate surface area is 68.6 Å². The van der Waals surface area contributed by atoms with E-state index in [0.29, 0.717) is 0 Å². The second kappa shape index (κ2) is 3.25. The van der Waals surface area contributed by atoms with Crippen molar-refractivity contribution in [1.82, 2.24) is 0 Å². The zero-order chi connectivity index (χ0) is 9.35. The smallest absolute Gasteiger partial charge is 0.219 e. The van der Waals surface area contributed by atoms with Gasteiger partial charge >= 0.3 is 0 Å². The topological polar surface area (TPSA) is 110 Å². The Morgan fingerprint density at radius 3 is 2.08 bits per heavy atom. The van der Waals surface area contributed by atoms with Gasteiger partial charge in [0.05, 0.1) is 13.2 Å². The summed E-state index contributed by atoms with van der Waals surface area (Å²) in [5.74, 6) is -2.16. The Morgan fingerprint density at radius 1 is 1.25 bits per heavy atom. The van der Waals surface area contributed by atoms with Crippen LogP contribution in [-0.2, 0) is 4.74 Å². The summed E-state index contributed by atoms with van der Waals surface area (Å²) in [6.45, 7) is -1.36. The van der Waals surface area contributed by atoms with E-state index in [2.05, 4.69) is 4.74 Å². The SMILES string of the molecule is OC[C@H]1O[C@](O)(CO)[C@H](O)[C@H]1O. The standard InChI is InChI=1S/C6H12O6/c7-1-3-4(9)5(10)6(11,2-8)12-3/h3-5,7-11H,1-2H2/t3-,4+,5-,6-/m1/s1. The number of ether oxygens (including phenoxy) is 1. The molecule has 0 unspecified atom stereocenters. The van der Waals surface area contributed by atoms with Crippen LogP contribution in [0, 0.1) is 0 Å². The van der Waals surface area contributed by atoms with Gasteiger partial charge in [0, 0.05) is 0 Å². The molecule has 72 valence electrons. The molecule has 0 saturated carbocycles. The molecule has 1 rings (SSSR count). The lowest BCUT2D eigenvalue weighted by molar-refractivity contribution is -0.248. The quantitative estimate of drug-likeness (QED) is 0.306. The molecule has 1 aliphatic rings. The van der Waals surface area contributed by atoms with E-state index in [1.54, 1.807) is 0 Å². The second-order valence-corrected chi connectivity index (χ2v) is 2.78. The highest BCUT2D eigenvalue weighted by Crippen LogP contribution is 2.28. The highest BCUT2D eigenvalue weighted by Gasteiger charge is 2.52. The minimum absolute atomic E-state index is 0.527. The molecule has 5 N–H and O–H groups in total. The van der Waals surface area contributed by atoms with Crippen LogP contribution in [0.1, 0.15) is 0 Å². The number of hydrogen-bond donors (Lipinski definition) is 5. The molecule has 12 heavy (non-hydrogen) atoms. The van der Waals surface area contributed by atoms with Crippen molar-refractivity contribution < 1.29 is 30.3 Å². The van der Waals surface area contributed by atoms with E-state index < -0.39 is 37.3 Å². The monoisotopic (exact) mass is 180 g/mol. The van der Waals surface area contributed by atoms with Gasteiger partial charge < -0.3 is 30.3 Å². The van der Waals surface area contributed by atoms with Gasteiger partial charge in [-0.1, -0.05) is 0 Å². The van der Waals surface area contributed by atoms with Crippen molar-refractivity contribution in [3.63, 3.8) is 0 Å². The van der Waals surface area contributed by atoms with Gasteiger partial charge in [-0.25, -0.2) is 0 Å². The number of hydrogen-bond acceptors (Lipinski definition) is 6. The Bertz CT molecular complexity index is 162. The summed E-state index contributed by atoms with van der Waals surface area (Å²) >= 11 is 0. The van der Waals surface area contributed by atoms with Gasteiger partial charge in [-0.05, 0) is 0 Å². The molecule has 0 spiro atoms. The zero-order valence-corrected chi connectivity index (χ0v) is 6.29. The number of aliphatic hydroxyl groups is 5. The molecule has 0 bridgehead atoms. The number of rotatable bonds is 2. The van der Waals surface area contributed by atoms with Crippen LogP contribution in [0.2, 0.25) is 0 Å². The predicted molar refractivity (Wildman–Crippen MR) is 36.0 cm³/mol. The van der Waals surface area contributed by atoms with Gasteiger partial charge in [0.1, 0.15) is 18.3 Å². The molecule has 4 atom stereocenters. The highest BCUT2D eigenvalue weighted by molar-refractivity contribution is 4.94. The zero-order valence-electron chi connectivity index (χ0n) is 6.29. The molecule has 0 aromatic carbocycles. The van der Waals surface area contributed by atoms with E-state index in [1.165, 1.54) is 0 Å². The van der Waals surface area contributed by atoms with E-state index in [9.17, 15) is 5.11 Å². The van der Waals surface area contributed by atoms with Gasteiger partial charge in [-0.2, -0.15) is 0 Å². The Kier molecular flexibility index (Phi) is 2.67. The number of aliphatic hydroxyl groups excluding tert-OH is 4. The van der Waals surface area contributed by atoms with Gasteiger partial charge in [-0.3, -0.25) is 0 Å². The van der Waals surface area contributed by atoms with Crippen LogP contribution in [-0.4, -0.2) is 62.8 Å². The maximum absolute atomic E-state index is 9.25. The third-order valence-corrected chi connectivity index (χ3v) is 1.93. The van der Waals surface area contributed by atoms with Crippen LogP contribution < -0.4 is 0 Å². The molecular weight excluding hydrogens is 168 g/mol. The van der Waals surface area contributed by atoms with Gasteiger partial charge in [0.15, 0.2) is 0 Å². The van der Waals surface area contributed by atoms with Crippen molar-refractivity contribution in [3.8, 4) is 0 Å². The van der Waals surface area contributed by atoms with E-state index in [4.69, 9.17) is 20.4 Å². The molecule has 6 nitrogen and oxygen atoms in total. The average molecular weight is 180 g/mol. The molecule has 1 heterocycles. The van der Waals surface area contributed by atoms with Gasteiger partial charge in [-0.15, -0.1) is 0 Å². The summed E-state index contributed by atoms with van der Waals surface area (Å²) in [6.07, 6.45) is -4.04. The summed E-state index contributed by atoms with van der Waals surface area (Å²) in [5, 5.41) is 44.7. The molecule has 6 heteroatoms. The fourth-order valence-electron chi connectivity index (χ4n) is 1.15. The van der Waals surface area contributed by atoms with Crippen molar-refractivity contribution in [1.29, 1.82) is 0 Å². The third-order valence-electron chi connectivity index (χ3n) is 1.93. The fourth-order valence-corrected chi connectivity index (χ4v) is 1.15. The largest absolute Gasteiger partial charge is 0.394 e. The molecule has 1 fully saturated rings. The van der Waals surface area contributed by atoms with Crippen LogP contribution in [0.25, 0.3) is 0 Å². The van der Waals surface area contributed by atoms with Crippen LogP contribution in [0.3, 0.4) is 0 Å². The van der Waals surface area contributed by atoms with Crippen molar-refractivity contribution in [2.45, 2.75) is 24.1 Å². The summed E-state index contributed by atoms with van der Waals surface area (Å²) in [5.41, 5.74) is 0. The fraction of sp³-hybridized carbons (Fsp3) is 1.00. The molecule has 0 aromatic heterocycles. The lowest BCUT2D eigenvalue weighted by Crippen LogP contribution is -2.46. The summed E-state index contributed by atoms with van der Waals surface area (Å²) in [6, 6.07) is 0. The predicted octanol–water partition coefficient (Wildman–Crippen LogP) is -3.22. The molecule has 1 saturated heterocycles. The first-order chi connectivity index (χ1) is 5.55. The van der Waals surface area contributed by atoms with E-state index >= 15 is 0 Å². The lowest BCUT2D eigenvalue weighted by atomic mass is 10.1. The minimum atomic E-state index is -2.16. The Hall–Kier alpha value is -0.240. The van der Waals surface area contributed by atoms with E-state index in [-0.39, 0.29) is 0 Å². The maximum Gasteiger partial charge on any atom is 0.219 e. The second-order valence-electron chi connectivity index (χ2n) is 2.78. The molecule has 0 radical (unpaired) electrons. The van der Waals surface area contributed by atoms with Crippen LogP contribution in [0.4, 0.5) is 0 Å². The molecule has 0 amide bonds. The van der Waals surface area contributed by atoms with Crippen molar-refractivity contribution in [2.75, 3.05) is 13.2 Å². The maximum atomic E-state index is 9.25. The summed E-state index contributed by atoms with van der Waals surface area (Å²) in [7, 11) is 0. The van der Waals surface area contributed by atoms with Crippen molar-refractivity contribution >= 4 is 0 Å². The highest BCUT2D eigenvalue weighted by atomic mass is 16.7. The Morgan fingerprint density at radius 2 is 1.83 bits per heavy atom. The lowest BCUT2D eigenvalue weighted by Gasteiger charge is -2.22. The molecule has 1 aliphatic heterocycles. The summed E-state index contributed by atoms with van der Waals surface area (Å²) in [4.78, 5) is 0. The molecule has 0 aromatic rings. The molecular formula is C6H12O6. The molecule has 0 aliphatic carbocycles. The van der Waals surface area contributed by atoms with Gasteiger partial charge in [0.25, 0.3) is 0 Å². The van der Waals surface area contributed by atoms with Crippen LogP contribution >= 0.6 is 0 Å². The van der Waals surface area contributed by atoms with Crippen LogP contribution in [0.5, 0.6) is 0 Å². The first-order valence-corrected chi connectivity index (χ1v) is 3.53. The normalized spacial score (nSPS) is 48.2. The Balaban J connectivity index is 2.72. The van der Waals surface area contributed by atoms with Crippen LogP contribution in [0.15, 0.2) is 0 Å². The van der Waals surface area contributed by atoms with E-state index in [0.717, 1.165) is 0 Å². The third kappa shape index (κ3) is 1.33. The first kappa shape index (κ1) is 9.85. The van der Waals surface area contributed by atoms with E-state index in [1.807, 2.05) is 0 Å².